The van der Waals surface area contributed by atoms with Gasteiger partial charge in [0.25, 0.3) is 11.6 Å². The zero-order valence-corrected chi connectivity index (χ0v) is 12.9. The number of nitrogens with zero attached hydrogens (tertiary/aromatic N) is 1. The van der Waals surface area contributed by atoms with Crippen molar-refractivity contribution in [2.75, 3.05) is 25.5 Å². The Morgan fingerprint density at radius 1 is 1.29 bits per heavy atom. The van der Waals surface area contributed by atoms with E-state index in [2.05, 4.69) is 10.6 Å². The Morgan fingerprint density at radius 3 is 2.75 bits per heavy atom. The molecule has 0 atom stereocenters. The van der Waals surface area contributed by atoms with E-state index in [0.717, 1.165) is 0 Å². The van der Waals surface area contributed by atoms with Crippen LogP contribution in [0, 0.1) is 15.9 Å². The van der Waals surface area contributed by atoms with Crippen molar-refractivity contribution >= 4 is 17.3 Å². The smallest absolute Gasteiger partial charge is 0.270 e. The van der Waals surface area contributed by atoms with Crippen molar-refractivity contribution < 1.29 is 18.8 Å². The van der Waals surface area contributed by atoms with Gasteiger partial charge in [-0.15, -0.1) is 0 Å². The van der Waals surface area contributed by atoms with Crippen molar-refractivity contribution in [3.05, 3.63) is 64.0 Å². The van der Waals surface area contributed by atoms with Crippen LogP contribution in [0.1, 0.15) is 10.4 Å². The zero-order chi connectivity index (χ0) is 17.5. The molecule has 7 nitrogen and oxygen atoms in total. The highest BCUT2D eigenvalue weighted by Crippen LogP contribution is 2.22. The quantitative estimate of drug-likeness (QED) is 0.461. The predicted octanol–water partition coefficient (Wildman–Crippen LogP) is 2.58. The second-order valence-corrected chi connectivity index (χ2v) is 4.80. The van der Waals surface area contributed by atoms with Gasteiger partial charge in [0.2, 0.25) is 0 Å². The number of ether oxygens (including phenoxy) is 1. The molecule has 0 fully saturated rings. The minimum atomic E-state index is -0.566. The van der Waals surface area contributed by atoms with Gasteiger partial charge in [-0.1, -0.05) is 6.07 Å². The van der Waals surface area contributed by atoms with Crippen LogP contribution < -0.4 is 15.4 Å². The zero-order valence-electron chi connectivity index (χ0n) is 12.9. The maximum Gasteiger partial charge on any atom is 0.270 e. The number of carbonyl (C=O) groups is 1. The van der Waals surface area contributed by atoms with Gasteiger partial charge in [-0.05, 0) is 18.2 Å². The average molecular weight is 333 g/mol. The molecule has 126 valence electrons. The van der Waals surface area contributed by atoms with Gasteiger partial charge in [-0.2, -0.15) is 0 Å². The number of nitro benzene ring substituents is 1. The first-order valence-electron chi connectivity index (χ1n) is 7.14. The first-order chi connectivity index (χ1) is 11.5. The van der Waals surface area contributed by atoms with Crippen LogP contribution in [0.3, 0.4) is 0 Å². The molecule has 0 radical (unpaired) electrons. The highest BCUT2D eigenvalue weighted by molar-refractivity contribution is 6.00. The lowest BCUT2D eigenvalue weighted by Crippen LogP contribution is -2.21. The number of amides is 1. The molecule has 0 aromatic heterocycles. The third-order valence-electron chi connectivity index (χ3n) is 3.17. The monoisotopic (exact) mass is 333 g/mol. The van der Waals surface area contributed by atoms with E-state index in [-0.39, 0.29) is 17.9 Å². The van der Waals surface area contributed by atoms with E-state index in [9.17, 15) is 19.3 Å². The fourth-order valence-electron chi connectivity index (χ4n) is 2.03. The summed E-state index contributed by atoms with van der Waals surface area (Å²) in [6.45, 7) is 0.561. The van der Waals surface area contributed by atoms with Gasteiger partial charge >= 0.3 is 0 Å². The Kier molecular flexibility index (Phi) is 5.67. The molecular weight excluding hydrogens is 317 g/mol. The summed E-state index contributed by atoms with van der Waals surface area (Å²) in [7, 11) is 1.44. The maximum atomic E-state index is 13.0. The molecule has 2 aromatic carbocycles. The molecule has 2 N–H and O–H groups in total. The lowest BCUT2D eigenvalue weighted by atomic mass is 10.1. The number of halogens is 1. The van der Waals surface area contributed by atoms with Crippen molar-refractivity contribution in [1.29, 1.82) is 0 Å². The van der Waals surface area contributed by atoms with Gasteiger partial charge in [0.05, 0.1) is 10.5 Å². The minimum absolute atomic E-state index is 0.164. The molecule has 0 unspecified atom stereocenters. The average Bonchev–Trinajstić information content (AvgIpc) is 2.58. The normalized spacial score (nSPS) is 10.1. The summed E-state index contributed by atoms with van der Waals surface area (Å²) < 4.78 is 18.4. The first kappa shape index (κ1) is 17.2. The molecule has 0 aliphatic rings. The minimum Gasteiger partial charge on any atom is -0.492 e. The molecule has 1 amide bonds. The van der Waals surface area contributed by atoms with Gasteiger partial charge in [0.15, 0.2) is 0 Å². The molecule has 0 heterocycles. The molecule has 2 rings (SSSR count). The molecule has 0 aliphatic carbocycles. The number of non-ortho nitro benzene ring substituents is 1. The second-order valence-electron chi connectivity index (χ2n) is 4.80. The summed E-state index contributed by atoms with van der Waals surface area (Å²) in [4.78, 5) is 22.1. The highest BCUT2D eigenvalue weighted by Gasteiger charge is 2.15. The molecule has 0 bridgehead atoms. The SMILES string of the molecule is CNC(=O)c1cc([N+](=O)[O-])ccc1NCCOc1cccc(F)c1. The third-order valence-corrected chi connectivity index (χ3v) is 3.17. The topological polar surface area (TPSA) is 93.5 Å². The van der Waals surface area contributed by atoms with E-state index in [4.69, 9.17) is 4.74 Å². The Hall–Kier alpha value is -3.16. The van der Waals surface area contributed by atoms with E-state index >= 15 is 0 Å². The fraction of sp³-hybridized carbons (Fsp3) is 0.188. The number of benzene rings is 2. The summed E-state index contributed by atoms with van der Waals surface area (Å²) in [5, 5.41) is 16.2. The summed E-state index contributed by atoms with van der Waals surface area (Å²) in [6, 6.07) is 9.73. The van der Waals surface area contributed by atoms with Crippen LogP contribution in [0.4, 0.5) is 15.8 Å². The van der Waals surface area contributed by atoms with Crippen molar-refractivity contribution in [3.8, 4) is 5.75 Å². The molecule has 0 saturated heterocycles. The van der Waals surface area contributed by atoms with Gasteiger partial charge in [-0.25, -0.2) is 4.39 Å². The lowest BCUT2D eigenvalue weighted by Gasteiger charge is -2.12. The van der Waals surface area contributed by atoms with Crippen molar-refractivity contribution in [2.45, 2.75) is 0 Å². The van der Waals surface area contributed by atoms with Crippen LogP contribution in [-0.2, 0) is 0 Å². The van der Waals surface area contributed by atoms with Crippen LogP contribution in [0.15, 0.2) is 42.5 Å². The van der Waals surface area contributed by atoms with Crippen LogP contribution >= 0.6 is 0 Å². The molecule has 0 saturated carbocycles. The van der Waals surface area contributed by atoms with Crippen LogP contribution in [0.5, 0.6) is 5.75 Å². The first-order valence-corrected chi connectivity index (χ1v) is 7.14. The van der Waals surface area contributed by atoms with Gasteiger partial charge in [0, 0.05) is 37.5 Å². The Balaban J connectivity index is 2.01. The summed E-state index contributed by atoms with van der Waals surface area (Å²) in [5.41, 5.74) is 0.440. The molecule has 0 aliphatic heterocycles. The summed E-state index contributed by atoms with van der Waals surface area (Å²) >= 11 is 0. The van der Waals surface area contributed by atoms with Crippen molar-refractivity contribution in [2.24, 2.45) is 0 Å². The third kappa shape index (κ3) is 4.42. The Labute approximate surface area is 137 Å². The molecule has 0 spiro atoms. The van der Waals surface area contributed by atoms with Crippen molar-refractivity contribution in [1.82, 2.24) is 5.32 Å². The summed E-state index contributed by atoms with van der Waals surface area (Å²) in [6.07, 6.45) is 0. The van der Waals surface area contributed by atoms with Crippen LogP contribution in [0.2, 0.25) is 0 Å². The number of nitrogens with one attached hydrogen (secondary N) is 2. The fourth-order valence-corrected chi connectivity index (χ4v) is 2.03. The molecule has 24 heavy (non-hydrogen) atoms. The Morgan fingerprint density at radius 2 is 2.08 bits per heavy atom. The largest absolute Gasteiger partial charge is 0.492 e. The van der Waals surface area contributed by atoms with Gasteiger partial charge in [-0.3, -0.25) is 14.9 Å². The van der Waals surface area contributed by atoms with Crippen molar-refractivity contribution in [3.63, 3.8) is 0 Å². The predicted molar refractivity (Wildman–Crippen MR) is 86.9 cm³/mol. The number of hydrogen-bond donors (Lipinski definition) is 2. The number of hydrogen-bond acceptors (Lipinski definition) is 5. The van der Waals surface area contributed by atoms with Gasteiger partial charge < -0.3 is 15.4 Å². The summed E-state index contributed by atoms with van der Waals surface area (Å²) in [5.74, 6) is -0.433. The Bertz CT molecular complexity index is 752. The number of carbonyl (C=O) groups excluding carboxylic acids is 1. The van der Waals surface area contributed by atoms with E-state index in [1.807, 2.05) is 0 Å². The standard InChI is InChI=1S/C16H16FN3O4/c1-18-16(21)14-10-12(20(22)23)5-6-15(14)19-7-8-24-13-4-2-3-11(17)9-13/h2-6,9-10,19H,7-8H2,1H3,(H,18,21). The van der Waals surface area contributed by atoms with Crippen LogP contribution in [0.25, 0.3) is 0 Å². The van der Waals surface area contributed by atoms with E-state index < -0.39 is 16.6 Å². The van der Waals surface area contributed by atoms with Crippen LogP contribution in [-0.4, -0.2) is 31.0 Å². The van der Waals surface area contributed by atoms with E-state index in [1.165, 1.54) is 43.4 Å². The maximum absolute atomic E-state index is 13.0. The number of nitro groups is 1. The van der Waals surface area contributed by atoms with E-state index in [0.29, 0.717) is 18.0 Å². The molecule has 8 heteroatoms. The highest BCUT2D eigenvalue weighted by atomic mass is 19.1. The molecule has 2 aromatic rings. The number of anilines is 1. The van der Waals surface area contributed by atoms with Gasteiger partial charge in [0.1, 0.15) is 18.2 Å². The lowest BCUT2D eigenvalue weighted by molar-refractivity contribution is -0.384. The molecular formula is C16H16FN3O4. The van der Waals surface area contributed by atoms with E-state index in [1.54, 1.807) is 6.07 Å². The number of rotatable bonds is 7. The second kappa shape index (κ2) is 7.91.